The van der Waals surface area contributed by atoms with E-state index in [4.69, 9.17) is 21.1 Å². The summed E-state index contributed by atoms with van der Waals surface area (Å²) in [6, 6.07) is 8.24. The van der Waals surface area contributed by atoms with Gasteiger partial charge in [-0.2, -0.15) is 0 Å². The fraction of sp³-hybridized carbons (Fsp3) is 0.625. The summed E-state index contributed by atoms with van der Waals surface area (Å²) in [5, 5.41) is 4.21. The summed E-state index contributed by atoms with van der Waals surface area (Å²) in [6.45, 7) is 6.61. The summed E-state index contributed by atoms with van der Waals surface area (Å²) in [5.41, 5.74) is 1.11. The number of hydrogen-bond acceptors (Lipinski definition) is 3. The van der Waals surface area contributed by atoms with E-state index in [0.29, 0.717) is 12.6 Å². The summed E-state index contributed by atoms with van der Waals surface area (Å²) in [5.74, 6) is 0. The number of hydrogen-bond donors (Lipinski definition) is 1. The lowest BCUT2D eigenvalue weighted by Gasteiger charge is -2.44. The van der Waals surface area contributed by atoms with Crippen molar-refractivity contribution in [2.45, 2.75) is 51.5 Å². The van der Waals surface area contributed by atoms with Gasteiger partial charge in [0.1, 0.15) is 0 Å². The SMILES string of the molecule is CCCOC1C(NCC)CC1OCc1cccc(Cl)c1. The first-order valence-corrected chi connectivity index (χ1v) is 7.83. The van der Waals surface area contributed by atoms with E-state index in [9.17, 15) is 0 Å². The zero-order chi connectivity index (χ0) is 14.4. The summed E-state index contributed by atoms with van der Waals surface area (Å²) in [4.78, 5) is 0. The second kappa shape index (κ2) is 7.99. The Morgan fingerprint density at radius 2 is 2.15 bits per heavy atom. The van der Waals surface area contributed by atoms with Crippen molar-refractivity contribution in [2.24, 2.45) is 0 Å². The Labute approximate surface area is 126 Å². The van der Waals surface area contributed by atoms with Gasteiger partial charge in [0.25, 0.3) is 0 Å². The van der Waals surface area contributed by atoms with Crippen LogP contribution >= 0.6 is 11.6 Å². The van der Waals surface area contributed by atoms with E-state index in [-0.39, 0.29) is 12.2 Å². The van der Waals surface area contributed by atoms with E-state index in [2.05, 4.69) is 19.2 Å². The first-order valence-electron chi connectivity index (χ1n) is 7.45. The molecule has 3 nitrogen and oxygen atoms in total. The molecule has 0 saturated heterocycles. The minimum Gasteiger partial charge on any atom is -0.374 e. The summed E-state index contributed by atoms with van der Waals surface area (Å²) >= 11 is 5.98. The van der Waals surface area contributed by atoms with Crippen LogP contribution in [0.15, 0.2) is 24.3 Å². The van der Waals surface area contributed by atoms with Crippen LogP contribution in [0.25, 0.3) is 0 Å². The molecule has 1 saturated carbocycles. The third kappa shape index (κ3) is 4.19. The minimum atomic E-state index is 0.175. The monoisotopic (exact) mass is 297 g/mol. The molecule has 0 spiro atoms. The highest BCUT2D eigenvalue weighted by molar-refractivity contribution is 6.30. The maximum absolute atomic E-state index is 5.98. The smallest absolute Gasteiger partial charge is 0.0990 e. The second-order valence-electron chi connectivity index (χ2n) is 5.21. The van der Waals surface area contributed by atoms with Gasteiger partial charge in [0.2, 0.25) is 0 Å². The maximum Gasteiger partial charge on any atom is 0.0990 e. The highest BCUT2D eigenvalue weighted by Gasteiger charge is 2.42. The van der Waals surface area contributed by atoms with Gasteiger partial charge in [0.05, 0.1) is 18.8 Å². The zero-order valence-electron chi connectivity index (χ0n) is 12.3. The first kappa shape index (κ1) is 15.8. The summed E-state index contributed by atoms with van der Waals surface area (Å²) in [7, 11) is 0. The molecule has 0 heterocycles. The molecule has 0 bridgehead atoms. The molecule has 1 aliphatic carbocycles. The summed E-state index contributed by atoms with van der Waals surface area (Å²) < 4.78 is 11.9. The molecular weight excluding hydrogens is 274 g/mol. The van der Waals surface area contributed by atoms with Crippen molar-refractivity contribution in [3.05, 3.63) is 34.9 Å². The Balaban J connectivity index is 1.82. The van der Waals surface area contributed by atoms with Crippen molar-refractivity contribution in [1.29, 1.82) is 0 Å². The van der Waals surface area contributed by atoms with Gasteiger partial charge in [-0.25, -0.2) is 0 Å². The van der Waals surface area contributed by atoms with Crippen molar-refractivity contribution in [3.8, 4) is 0 Å². The molecule has 1 aliphatic rings. The topological polar surface area (TPSA) is 30.5 Å². The van der Waals surface area contributed by atoms with Crippen LogP contribution in [0.4, 0.5) is 0 Å². The zero-order valence-corrected chi connectivity index (χ0v) is 13.0. The molecule has 3 unspecified atom stereocenters. The van der Waals surface area contributed by atoms with Gasteiger partial charge in [-0.1, -0.05) is 37.6 Å². The van der Waals surface area contributed by atoms with E-state index in [1.54, 1.807) is 0 Å². The Bertz CT molecular complexity index is 413. The molecule has 2 rings (SSSR count). The third-order valence-electron chi connectivity index (χ3n) is 3.58. The lowest BCUT2D eigenvalue weighted by atomic mass is 9.85. The molecule has 0 aliphatic heterocycles. The second-order valence-corrected chi connectivity index (χ2v) is 5.65. The maximum atomic E-state index is 5.98. The van der Waals surface area contributed by atoms with Crippen LogP contribution in [0.3, 0.4) is 0 Å². The van der Waals surface area contributed by atoms with Gasteiger partial charge >= 0.3 is 0 Å². The fourth-order valence-electron chi connectivity index (χ4n) is 2.51. The molecular formula is C16H24ClNO2. The van der Waals surface area contributed by atoms with E-state index >= 15 is 0 Å². The highest BCUT2D eigenvalue weighted by atomic mass is 35.5. The van der Waals surface area contributed by atoms with Crippen molar-refractivity contribution >= 4 is 11.6 Å². The van der Waals surface area contributed by atoms with E-state index in [1.807, 2.05) is 24.3 Å². The van der Waals surface area contributed by atoms with Gasteiger partial charge in [-0.15, -0.1) is 0 Å². The van der Waals surface area contributed by atoms with Crippen LogP contribution in [0.5, 0.6) is 0 Å². The lowest BCUT2D eigenvalue weighted by Crippen LogP contribution is -2.60. The fourth-order valence-corrected chi connectivity index (χ4v) is 2.73. The molecule has 1 aromatic carbocycles. The van der Waals surface area contributed by atoms with Crippen LogP contribution in [-0.2, 0) is 16.1 Å². The molecule has 0 amide bonds. The van der Waals surface area contributed by atoms with Gasteiger partial charge in [-0.05, 0) is 37.1 Å². The molecule has 20 heavy (non-hydrogen) atoms. The highest BCUT2D eigenvalue weighted by Crippen LogP contribution is 2.28. The Morgan fingerprint density at radius 3 is 2.85 bits per heavy atom. The van der Waals surface area contributed by atoms with Gasteiger partial charge in [0.15, 0.2) is 0 Å². The normalized spacial score (nSPS) is 25.4. The lowest BCUT2D eigenvalue weighted by molar-refractivity contribution is -0.151. The Hall–Kier alpha value is -0.610. The molecule has 0 radical (unpaired) electrons. The molecule has 1 fully saturated rings. The van der Waals surface area contributed by atoms with E-state index in [1.165, 1.54) is 0 Å². The van der Waals surface area contributed by atoms with Crippen LogP contribution in [0, 0.1) is 0 Å². The van der Waals surface area contributed by atoms with Crippen LogP contribution in [-0.4, -0.2) is 31.4 Å². The standard InChI is InChI=1S/C16H24ClNO2/c1-3-8-19-16-14(18-4-2)10-15(16)20-11-12-6-5-7-13(17)9-12/h5-7,9,14-16,18H,3-4,8,10-11H2,1-2H3. The van der Waals surface area contributed by atoms with Gasteiger partial charge in [0, 0.05) is 17.7 Å². The Morgan fingerprint density at radius 1 is 1.30 bits per heavy atom. The van der Waals surface area contributed by atoms with Crippen molar-refractivity contribution in [1.82, 2.24) is 5.32 Å². The predicted molar refractivity (Wildman–Crippen MR) is 82.1 cm³/mol. The number of benzene rings is 1. The molecule has 3 atom stereocenters. The third-order valence-corrected chi connectivity index (χ3v) is 3.82. The largest absolute Gasteiger partial charge is 0.374 e. The number of halogens is 1. The average Bonchev–Trinajstić information content (AvgIpc) is 2.42. The number of likely N-dealkylation sites (N-methyl/N-ethyl adjacent to an activating group) is 1. The Kier molecular flexibility index (Phi) is 6.30. The van der Waals surface area contributed by atoms with E-state index in [0.717, 1.165) is 36.6 Å². The van der Waals surface area contributed by atoms with Crippen LogP contribution in [0.1, 0.15) is 32.3 Å². The first-order chi connectivity index (χ1) is 9.74. The summed E-state index contributed by atoms with van der Waals surface area (Å²) in [6.07, 6.45) is 2.41. The average molecular weight is 298 g/mol. The predicted octanol–water partition coefficient (Wildman–Crippen LogP) is 3.40. The van der Waals surface area contributed by atoms with Crippen molar-refractivity contribution in [2.75, 3.05) is 13.2 Å². The van der Waals surface area contributed by atoms with Crippen molar-refractivity contribution in [3.63, 3.8) is 0 Å². The quantitative estimate of drug-likeness (QED) is 0.798. The molecule has 112 valence electrons. The molecule has 1 aromatic rings. The number of nitrogens with one attached hydrogen (secondary N) is 1. The molecule has 4 heteroatoms. The molecule has 1 N–H and O–H groups in total. The molecule has 0 aromatic heterocycles. The van der Waals surface area contributed by atoms with E-state index < -0.39 is 0 Å². The van der Waals surface area contributed by atoms with Crippen LogP contribution in [0.2, 0.25) is 5.02 Å². The van der Waals surface area contributed by atoms with Crippen molar-refractivity contribution < 1.29 is 9.47 Å². The minimum absolute atomic E-state index is 0.175. The number of rotatable bonds is 8. The number of ether oxygens (including phenoxy) is 2. The van der Waals surface area contributed by atoms with Crippen LogP contribution < -0.4 is 5.32 Å². The van der Waals surface area contributed by atoms with Gasteiger partial charge in [-0.3, -0.25) is 0 Å². The van der Waals surface area contributed by atoms with Gasteiger partial charge < -0.3 is 14.8 Å².